The average Bonchev–Trinajstić information content (AvgIpc) is 2.78. The van der Waals surface area contributed by atoms with Crippen molar-refractivity contribution < 1.29 is 9.53 Å². The lowest BCUT2D eigenvalue weighted by Crippen LogP contribution is -2.55. The van der Waals surface area contributed by atoms with Crippen LogP contribution in [0, 0.1) is 0 Å². The van der Waals surface area contributed by atoms with Crippen molar-refractivity contribution in [2.75, 3.05) is 6.61 Å². The molecule has 2 atom stereocenters. The first-order valence-corrected chi connectivity index (χ1v) is 5.83. The van der Waals surface area contributed by atoms with Crippen molar-refractivity contribution in [3.05, 3.63) is 0 Å². The Morgan fingerprint density at radius 1 is 1.44 bits per heavy atom. The van der Waals surface area contributed by atoms with Crippen LogP contribution in [0.1, 0.15) is 39.0 Å². The van der Waals surface area contributed by atoms with Gasteiger partial charge in [-0.3, -0.25) is 4.79 Å². The topological polar surface area (TPSA) is 64.3 Å². The normalized spacial score (nSPS) is 32.1. The molecule has 1 amide bonds. The molecular formula is C11H21ClN2O2. The Morgan fingerprint density at radius 2 is 2.06 bits per heavy atom. The van der Waals surface area contributed by atoms with Crippen molar-refractivity contribution in [1.82, 2.24) is 5.32 Å². The van der Waals surface area contributed by atoms with Crippen molar-refractivity contribution in [3.63, 3.8) is 0 Å². The zero-order chi connectivity index (χ0) is 10.9. The molecule has 4 nitrogen and oxygen atoms in total. The Balaban J connectivity index is 0.00000128. The van der Waals surface area contributed by atoms with Gasteiger partial charge in [-0.05, 0) is 26.2 Å². The summed E-state index contributed by atoms with van der Waals surface area (Å²) in [6, 6.07) is 0.151. The van der Waals surface area contributed by atoms with E-state index in [1.165, 1.54) is 0 Å². The highest BCUT2D eigenvalue weighted by Crippen LogP contribution is 2.27. The lowest BCUT2D eigenvalue weighted by Gasteiger charge is -2.25. The van der Waals surface area contributed by atoms with Gasteiger partial charge in [0.1, 0.15) is 0 Å². The molecule has 2 fully saturated rings. The molecule has 0 aromatic carbocycles. The summed E-state index contributed by atoms with van der Waals surface area (Å²) in [4.78, 5) is 12.0. The number of ether oxygens (including phenoxy) is 1. The summed E-state index contributed by atoms with van der Waals surface area (Å²) >= 11 is 0. The number of hydrogen-bond acceptors (Lipinski definition) is 3. The van der Waals surface area contributed by atoms with Crippen molar-refractivity contribution in [3.8, 4) is 0 Å². The smallest absolute Gasteiger partial charge is 0.240 e. The van der Waals surface area contributed by atoms with Crippen LogP contribution in [0.5, 0.6) is 0 Å². The van der Waals surface area contributed by atoms with Crippen LogP contribution >= 0.6 is 12.4 Å². The second-order valence-corrected chi connectivity index (χ2v) is 4.81. The molecule has 0 bridgehead atoms. The maximum atomic E-state index is 12.0. The first kappa shape index (κ1) is 13.7. The highest BCUT2D eigenvalue weighted by molar-refractivity contribution is 5.86. The molecule has 0 radical (unpaired) electrons. The van der Waals surface area contributed by atoms with Crippen LogP contribution in [0.25, 0.3) is 0 Å². The van der Waals surface area contributed by atoms with Gasteiger partial charge < -0.3 is 15.8 Å². The van der Waals surface area contributed by atoms with E-state index in [1.54, 1.807) is 0 Å². The Morgan fingerprint density at radius 3 is 2.56 bits per heavy atom. The molecule has 1 aliphatic heterocycles. The van der Waals surface area contributed by atoms with E-state index in [0.717, 1.165) is 38.7 Å². The molecule has 16 heavy (non-hydrogen) atoms. The predicted molar refractivity (Wildman–Crippen MR) is 64.6 cm³/mol. The number of nitrogens with two attached hydrogens (primary N) is 1. The molecule has 0 aromatic heterocycles. The Bertz CT molecular complexity index is 254. The van der Waals surface area contributed by atoms with Gasteiger partial charge in [-0.1, -0.05) is 12.8 Å². The third kappa shape index (κ3) is 2.67. The maximum Gasteiger partial charge on any atom is 0.240 e. The molecule has 5 heteroatoms. The Labute approximate surface area is 103 Å². The molecule has 3 N–H and O–H groups in total. The van der Waals surface area contributed by atoms with Gasteiger partial charge in [-0.15, -0.1) is 12.4 Å². The molecule has 94 valence electrons. The third-order valence-corrected chi connectivity index (χ3v) is 3.64. The molecule has 1 heterocycles. The molecule has 1 aliphatic carbocycles. The highest BCUT2D eigenvalue weighted by Gasteiger charge is 2.39. The monoisotopic (exact) mass is 248 g/mol. The minimum atomic E-state index is -0.609. The Hall–Kier alpha value is -0.320. The van der Waals surface area contributed by atoms with Crippen molar-refractivity contribution in [1.29, 1.82) is 0 Å². The van der Waals surface area contributed by atoms with Crippen LogP contribution in [0.15, 0.2) is 0 Å². The van der Waals surface area contributed by atoms with E-state index in [2.05, 4.69) is 5.32 Å². The first-order chi connectivity index (χ1) is 7.12. The van der Waals surface area contributed by atoms with Crippen LogP contribution in [0.4, 0.5) is 0 Å². The molecule has 2 aliphatic rings. The summed E-state index contributed by atoms with van der Waals surface area (Å²) < 4.78 is 5.41. The zero-order valence-corrected chi connectivity index (χ0v) is 10.5. The molecule has 0 aromatic rings. The van der Waals surface area contributed by atoms with E-state index < -0.39 is 5.54 Å². The standard InChI is InChI=1S/C11H20N2O2.ClH/c1-8-9(4-7-15-8)13-10(14)11(12)5-2-3-6-11;/h8-9H,2-7,12H2,1H3,(H,13,14);1H. The summed E-state index contributed by atoms with van der Waals surface area (Å²) in [5.41, 5.74) is 5.46. The fraction of sp³-hybridized carbons (Fsp3) is 0.909. The maximum absolute atomic E-state index is 12.0. The number of amides is 1. The molecule has 1 saturated carbocycles. The van der Waals surface area contributed by atoms with Gasteiger partial charge in [0.2, 0.25) is 5.91 Å². The number of rotatable bonds is 2. The van der Waals surface area contributed by atoms with Gasteiger partial charge in [0.05, 0.1) is 17.7 Å². The largest absolute Gasteiger partial charge is 0.376 e. The fourth-order valence-corrected chi connectivity index (χ4v) is 2.47. The van der Waals surface area contributed by atoms with Gasteiger partial charge in [0.25, 0.3) is 0 Å². The summed E-state index contributed by atoms with van der Waals surface area (Å²) in [6.45, 7) is 2.74. The van der Waals surface area contributed by atoms with E-state index in [1.807, 2.05) is 6.92 Å². The van der Waals surface area contributed by atoms with E-state index >= 15 is 0 Å². The molecule has 2 unspecified atom stereocenters. The van der Waals surface area contributed by atoms with Crippen LogP contribution in [-0.2, 0) is 9.53 Å². The minimum Gasteiger partial charge on any atom is -0.376 e. The second-order valence-electron chi connectivity index (χ2n) is 4.81. The Kier molecular flexibility index (Phi) is 4.59. The molecule has 0 spiro atoms. The quantitative estimate of drug-likeness (QED) is 0.766. The molecule has 1 saturated heterocycles. The predicted octanol–water partition coefficient (Wildman–Crippen LogP) is 0.973. The van der Waals surface area contributed by atoms with Gasteiger partial charge in [0, 0.05) is 6.61 Å². The number of carbonyl (C=O) groups is 1. The van der Waals surface area contributed by atoms with Crippen molar-refractivity contribution >= 4 is 18.3 Å². The van der Waals surface area contributed by atoms with E-state index in [9.17, 15) is 4.79 Å². The van der Waals surface area contributed by atoms with Crippen LogP contribution in [0.2, 0.25) is 0 Å². The summed E-state index contributed by atoms with van der Waals surface area (Å²) in [6.07, 6.45) is 4.81. The second kappa shape index (κ2) is 5.34. The van der Waals surface area contributed by atoms with Crippen molar-refractivity contribution in [2.45, 2.75) is 56.7 Å². The number of nitrogens with one attached hydrogen (secondary N) is 1. The third-order valence-electron chi connectivity index (χ3n) is 3.64. The SMILES string of the molecule is CC1OCCC1NC(=O)C1(N)CCCC1.Cl. The summed E-state index contributed by atoms with van der Waals surface area (Å²) in [7, 11) is 0. The van der Waals surface area contributed by atoms with Crippen LogP contribution < -0.4 is 11.1 Å². The van der Waals surface area contributed by atoms with Gasteiger partial charge >= 0.3 is 0 Å². The van der Waals surface area contributed by atoms with Crippen LogP contribution in [0.3, 0.4) is 0 Å². The number of hydrogen-bond donors (Lipinski definition) is 2. The van der Waals surface area contributed by atoms with E-state index in [-0.39, 0.29) is 30.5 Å². The van der Waals surface area contributed by atoms with E-state index in [0.29, 0.717) is 0 Å². The lowest BCUT2D eigenvalue weighted by molar-refractivity contribution is -0.127. The lowest BCUT2D eigenvalue weighted by atomic mass is 9.97. The summed E-state index contributed by atoms with van der Waals surface area (Å²) in [5, 5.41) is 3.02. The summed E-state index contributed by atoms with van der Waals surface area (Å²) in [5.74, 6) is 0.0161. The van der Waals surface area contributed by atoms with Gasteiger partial charge in [0.15, 0.2) is 0 Å². The molecular weight excluding hydrogens is 228 g/mol. The van der Waals surface area contributed by atoms with Gasteiger partial charge in [-0.2, -0.15) is 0 Å². The first-order valence-electron chi connectivity index (χ1n) is 5.83. The number of carbonyl (C=O) groups excluding carboxylic acids is 1. The minimum absolute atomic E-state index is 0. The molecule has 2 rings (SSSR count). The van der Waals surface area contributed by atoms with E-state index in [4.69, 9.17) is 10.5 Å². The zero-order valence-electron chi connectivity index (χ0n) is 9.70. The fourth-order valence-electron chi connectivity index (χ4n) is 2.47. The number of halogens is 1. The van der Waals surface area contributed by atoms with Crippen LogP contribution in [-0.4, -0.2) is 30.2 Å². The average molecular weight is 249 g/mol. The van der Waals surface area contributed by atoms with Crippen molar-refractivity contribution in [2.24, 2.45) is 5.73 Å². The highest BCUT2D eigenvalue weighted by atomic mass is 35.5. The van der Waals surface area contributed by atoms with Gasteiger partial charge in [-0.25, -0.2) is 0 Å².